The molecule has 0 radical (unpaired) electrons. The van der Waals surface area contributed by atoms with Gasteiger partial charge < -0.3 is 0 Å². The molecule has 3 rings (SSSR count). The van der Waals surface area contributed by atoms with Gasteiger partial charge in [-0.25, -0.2) is 0 Å². The Hall–Kier alpha value is -1.45. The molecule has 0 aromatic heterocycles. The first-order chi connectivity index (χ1) is 13.0. The third-order valence-corrected chi connectivity index (χ3v) is 16.1. The standard InChI is InChI=1S/C23H26OSSeSi/c1-19(27(2,3)22-17-11-6-12-18-22)23(26-21-15-9-5-10-16-21)25(24)20-13-7-4-8-14-20/h4-19,23H,1-3H3/t19-,23?,25?/m0/s1. The fraction of sp³-hybridized carbons (Fsp3) is 0.217. The molecule has 0 amide bonds. The monoisotopic (exact) mass is 458 g/mol. The number of benzene rings is 3. The van der Waals surface area contributed by atoms with Crippen LogP contribution in [0.5, 0.6) is 0 Å². The Morgan fingerprint density at radius 3 is 1.81 bits per heavy atom. The predicted octanol–water partition coefficient (Wildman–Crippen LogP) is 4.16. The van der Waals surface area contributed by atoms with Gasteiger partial charge in [-0.1, -0.05) is 0 Å². The molecule has 0 saturated heterocycles. The summed E-state index contributed by atoms with van der Waals surface area (Å²) >= 11 is 0.153. The van der Waals surface area contributed by atoms with Gasteiger partial charge in [0.1, 0.15) is 0 Å². The summed E-state index contributed by atoms with van der Waals surface area (Å²) in [6.07, 6.45) is 0. The van der Waals surface area contributed by atoms with Crippen LogP contribution in [0.1, 0.15) is 6.92 Å². The van der Waals surface area contributed by atoms with Crippen molar-refractivity contribution in [2.45, 2.75) is 34.6 Å². The third-order valence-electron chi connectivity index (χ3n) is 5.25. The van der Waals surface area contributed by atoms with Crippen LogP contribution in [-0.4, -0.2) is 31.4 Å². The molecule has 1 nitrogen and oxygen atoms in total. The Labute approximate surface area is 172 Å². The van der Waals surface area contributed by atoms with E-state index in [0.717, 1.165) is 4.90 Å². The second-order valence-corrected chi connectivity index (χ2v) is 17.0. The van der Waals surface area contributed by atoms with E-state index in [0.29, 0.717) is 5.54 Å². The SMILES string of the molecule is C[C@@H](C([Se]c1ccccc1)S(=O)c1ccccc1)[Si](C)(C)c1ccccc1. The minimum atomic E-state index is -1.77. The molecular formula is C23H26OSSeSi. The Morgan fingerprint density at radius 2 is 1.26 bits per heavy atom. The average molecular weight is 458 g/mol. The fourth-order valence-electron chi connectivity index (χ4n) is 3.12. The van der Waals surface area contributed by atoms with Gasteiger partial charge in [-0.15, -0.1) is 0 Å². The van der Waals surface area contributed by atoms with E-state index in [1.807, 2.05) is 30.3 Å². The van der Waals surface area contributed by atoms with E-state index in [1.54, 1.807) is 0 Å². The molecule has 4 heteroatoms. The van der Waals surface area contributed by atoms with Gasteiger partial charge >= 0.3 is 173 Å². The van der Waals surface area contributed by atoms with Crippen LogP contribution in [0.2, 0.25) is 18.6 Å². The van der Waals surface area contributed by atoms with Gasteiger partial charge in [0.25, 0.3) is 0 Å². The molecule has 0 aliphatic rings. The number of hydrogen-bond acceptors (Lipinski definition) is 1. The zero-order valence-electron chi connectivity index (χ0n) is 16.0. The molecule has 140 valence electrons. The molecule has 0 aliphatic carbocycles. The van der Waals surface area contributed by atoms with Crippen molar-refractivity contribution < 1.29 is 4.21 Å². The van der Waals surface area contributed by atoms with Crippen molar-refractivity contribution in [1.82, 2.24) is 0 Å². The van der Waals surface area contributed by atoms with E-state index in [1.165, 1.54) is 9.65 Å². The predicted molar refractivity (Wildman–Crippen MR) is 121 cm³/mol. The molecule has 3 atom stereocenters. The van der Waals surface area contributed by atoms with E-state index in [4.69, 9.17) is 0 Å². The van der Waals surface area contributed by atoms with Gasteiger partial charge in [0, 0.05) is 0 Å². The Morgan fingerprint density at radius 1 is 0.778 bits per heavy atom. The number of hydrogen-bond donors (Lipinski definition) is 0. The van der Waals surface area contributed by atoms with Crippen LogP contribution in [0.3, 0.4) is 0 Å². The molecule has 0 heterocycles. The minimum absolute atomic E-state index is 0.153. The zero-order chi connectivity index (χ0) is 19.3. The van der Waals surface area contributed by atoms with Gasteiger partial charge in [0.2, 0.25) is 0 Å². The van der Waals surface area contributed by atoms with Crippen molar-refractivity contribution in [3.05, 3.63) is 91.0 Å². The molecule has 0 bridgehead atoms. The summed E-state index contributed by atoms with van der Waals surface area (Å²) in [5, 5.41) is 1.44. The van der Waals surface area contributed by atoms with E-state index >= 15 is 0 Å². The molecule has 27 heavy (non-hydrogen) atoms. The molecule has 0 spiro atoms. The van der Waals surface area contributed by atoms with Crippen molar-refractivity contribution in [2.75, 3.05) is 0 Å². The molecule has 3 aromatic rings. The Bertz CT molecular complexity index is 869. The van der Waals surface area contributed by atoms with Gasteiger partial charge in [-0.3, -0.25) is 0 Å². The summed E-state index contributed by atoms with van der Waals surface area (Å²) in [7, 11) is -2.78. The molecular weight excluding hydrogens is 431 g/mol. The second kappa shape index (κ2) is 9.16. The summed E-state index contributed by atoms with van der Waals surface area (Å²) < 4.78 is 15.1. The maximum atomic E-state index is 13.6. The van der Waals surface area contributed by atoms with E-state index < -0.39 is 18.9 Å². The van der Waals surface area contributed by atoms with Crippen molar-refractivity contribution in [1.29, 1.82) is 0 Å². The molecule has 2 unspecified atom stereocenters. The first kappa shape index (κ1) is 20.3. The van der Waals surface area contributed by atoms with Gasteiger partial charge in [0.05, 0.1) is 0 Å². The Kier molecular flexibility index (Phi) is 6.88. The van der Waals surface area contributed by atoms with Crippen molar-refractivity contribution in [3.63, 3.8) is 0 Å². The molecule has 0 N–H and O–H groups in total. The van der Waals surface area contributed by atoms with Crippen LogP contribution < -0.4 is 9.65 Å². The van der Waals surface area contributed by atoms with Crippen LogP contribution in [-0.2, 0) is 10.8 Å². The average Bonchev–Trinajstić information content (AvgIpc) is 2.73. The van der Waals surface area contributed by atoms with E-state index in [9.17, 15) is 4.21 Å². The normalized spacial score (nSPS) is 15.1. The van der Waals surface area contributed by atoms with Crippen molar-refractivity contribution >= 4 is 43.5 Å². The summed E-state index contributed by atoms with van der Waals surface area (Å²) in [5.41, 5.74) is 0.404. The van der Waals surface area contributed by atoms with Crippen molar-refractivity contribution in [2.24, 2.45) is 0 Å². The summed E-state index contributed by atoms with van der Waals surface area (Å²) in [5.74, 6) is 0. The van der Waals surface area contributed by atoms with E-state index in [-0.39, 0.29) is 19.1 Å². The summed E-state index contributed by atoms with van der Waals surface area (Å²) in [6, 6.07) is 31.4. The zero-order valence-corrected chi connectivity index (χ0v) is 19.6. The van der Waals surface area contributed by atoms with Gasteiger partial charge in [-0.2, -0.15) is 0 Å². The maximum absolute atomic E-state index is 13.6. The molecule has 0 fully saturated rings. The van der Waals surface area contributed by atoms with Crippen LogP contribution >= 0.6 is 0 Å². The summed E-state index contributed by atoms with van der Waals surface area (Å²) in [4.78, 5) is 0.949. The van der Waals surface area contributed by atoms with Crippen LogP contribution in [0.25, 0.3) is 0 Å². The Balaban J connectivity index is 1.97. The van der Waals surface area contributed by atoms with Crippen LogP contribution in [0.15, 0.2) is 95.9 Å². The fourth-order valence-corrected chi connectivity index (χ4v) is 13.9. The molecule has 3 aromatic carbocycles. The number of rotatable bonds is 7. The second-order valence-electron chi connectivity index (χ2n) is 7.29. The van der Waals surface area contributed by atoms with Crippen LogP contribution in [0.4, 0.5) is 0 Å². The first-order valence-corrected chi connectivity index (χ1v) is 15.4. The molecule has 0 saturated carbocycles. The van der Waals surface area contributed by atoms with Crippen molar-refractivity contribution in [3.8, 4) is 0 Å². The van der Waals surface area contributed by atoms with Gasteiger partial charge in [0.15, 0.2) is 0 Å². The van der Waals surface area contributed by atoms with Gasteiger partial charge in [-0.05, 0) is 0 Å². The topological polar surface area (TPSA) is 17.1 Å². The molecule has 0 aliphatic heterocycles. The first-order valence-electron chi connectivity index (χ1n) is 9.23. The third kappa shape index (κ3) is 4.88. The van der Waals surface area contributed by atoms with E-state index in [2.05, 4.69) is 80.7 Å². The summed E-state index contributed by atoms with van der Waals surface area (Å²) in [6.45, 7) is 7.17. The quantitative estimate of drug-likeness (QED) is 0.487. The van der Waals surface area contributed by atoms with Crippen LogP contribution in [0, 0.1) is 0 Å².